The molecule has 0 spiro atoms. The van der Waals surface area contributed by atoms with Gasteiger partial charge in [-0.3, -0.25) is 4.90 Å². The van der Waals surface area contributed by atoms with Crippen molar-refractivity contribution in [1.29, 1.82) is 0 Å². The minimum atomic E-state index is 0. The molecule has 2 aromatic carbocycles. The third-order valence-electron chi connectivity index (χ3n) is 4.07. The number of benzene rings is 2. The Morgan fingerprint density at radius 2 is 1.60 bits per heavy atom. The van der Waals surface area contributed by atoms with Crippen LogP contribution in [0.25, 0.3) is 11.4 Å². The van der Waals surface area contributed by atoms with Gasteiger partial charge in [-0.1, -0.05) is 60.7 Å². The lowest BCUT2D eigenvalue weighted by Gasteiger charge is -2.20. The second-order valence-corrected chi connectivity index (χ2v) is 5.92. The highest BCUT2D eigenvalue weighted by Crippen LogP contribution is 2.15. The van der Waals surface area contributed by atoms with E-state index in [4.69, 9.17) is 5.73 Å². The largest absolute Gasteiger partial charge is 0.341 e. The van der Waals surface area contributed by atoms with Gasteiger partial charge in [-0.2, -0.15) is 0 Å². The normalized spacial score (nSPS) is 10.6. The van der Waals surface area contributed by atoms with Crippen molar-refractivity contribution in [2.75, 3.05) is 19.6 Å². The molecule has 0 bridgehead atoms. The first-order valence-electron chi connectivity index (χ1n) is 8.41. The molecule has 1 aromatic heterocycles. The van der Waals surface area contributed by atoms with Crippen LogP contribution >= 0.6 is 12.4 Å². The summed E-state index contributed by atoms with van der Waals surface area (Å²) in [6.07, 6.45) is 2.95. The number of hydrogen-bond acceptors (Lipinski definition) is 3. The molecule has 3 rings (SSSR count). The number of imidazole rings is 1. The number of H-pyrrole nitrogens is 1. The van der Waals surface area contributed by atoms with Crippen LogP contribution in [0.4, 0.5) is 0 Å². The molecule has 25 heavy (non-hydrogen) atoms. The van der Waals surface area contributed by atoms with E-state index < -0.39 is 0 Å². The van der Waals surface area contributed by atoms with E-state index in [2.05, 4.69) is 57.3 Å². The highest BCUT2D eigenvalue weighted by Gasteiger charge is 2.09. The summed E-state index contributed by atoms with van der Waals surface area (Å²) in [7, 11) is 0. The van der Waals surface area contributed by atoms with Crippen LogP contribution in [0.3, 0.4) is 0 Å². The van der Waals surface area contributed by atoms with Crippen molar-refractivity contribution in [3.8, 4) is 11.4 Å². The highest BCUT2D eigenvalue weighted by atomic mass is 35.5. The van der Waals surface area contributed by atoms with E-state index in [0.717, 1.165) is 43.1 Å². The van der Waals surface area contributed by atoms with Crippen LogP contribution in [0.15, 0.2) is 66.9 Å². The number of nitrogens with two attached hydrogens (primary N) is 1. The predicted octanol–water partition coefficient (Wildman–Crippen LogP) is 3.50. The summed E-state index contributed by atoms with van der Waals surface area (Å²) in [5, 5.41) is 0. The zero-order chi connectivity index (χ0) is 16.6. The molecule has 0 aliphatic heterocycles. The van der Waals surface area contributed by atoms with Crippen LogP contribution in [0.5, 0.6) is 0 Å². The van der Waals surface area contributed by atoms with E-state index in [1.54, 1.807) is 0 Å². The molecule has 0 aliphatic rings. The Kier molecular flexibility index (Phi) is 7.67. The summed E-state index contributed by atoms with van der Waals surface area (Å²) < 4.78 is 0. The minimum Gasteiger partial charge on any atom is -0.341 e. The van der Waals surface area contributed by atoms with Crippen molar-refractivity contribution in [1.82, 2.24) is 14.9 Å². The first kappa shape index (κ1) is 19.2. The Morgan fingerprint density at radius 1 is 0.920 bits per heavy atom. The second kappa shape index (κ2) is 9.99. The molecule has 0 amide bonds. The van der Waals surface area contributed by atoms with Crippen molar-refractivity contribution in [2.45, 2.75) is 13.0 Å². The first-order valence-corrected chi connectivity index (χ1v) is 8.41. The molecular weight excluding hydrogens is 332 g/mol. The molecule has 0 aliphatic carbocycles. The van der Waals surface area contributed by atoms with Crippen molar-refractivity contribution in [3.05, 3.63) is 78.1 Å². The molecule has 3 aromatic rings. The number of nitrogens with zero attached hydrogens (tertiary/aromatic N) is 2. The van der Waals surface area contributed by atoms with Crippen LogP contribution in [0.1, 0.15) is 11.3 Å². The minimum absolute atomic E-state index is 0. The lowest BCUT2D eigenvalue weighted by molar-refractivity contribution is 0.273. The Labute approximate surface area is 155 Å². The number of aromatic nitrogens is 2. The lowest BCUT2D eigenvalue weighted by Crippen LogP contribution is -2.31. The molecule has 132 valence electrons. The number of halogens is 1. The molecule has 0 radical (unpaired) electrons. The Balaban J connectivity index is 0.00000225. The van der Waals surface area contributed by atoms with Gasteiger partial charge in [-0.15, -0.1) is 12.4 Å². The molecule has 0 saturated heterocycles. The molecule has 0 fully saturated rings. The molecule has 0 unspecified atom stereocenters. The van der Waals surface area contributed by atoms with E-state index in [0.29, 0.717) is 6.54 Å². The highest BCUT2D eigenvalue weighted by molar-refractivity contribution is 5.85. The smallest absolute Gasteiger partial charge is 0.137 e. The SMILES string of the molecule is Cl.NCCN(CCc1ccccc1)Cc1cnc(-c2ccccc2)[nH]1. The molecular formula is C20H25ClN4. The summed E-state index contributed by atoms with van der Waals surface area (Å²) >= 11 is 0. The Hall–Kier alpha value is -2.14. The molecule has 0 atom stereocenters. The molecule has 1 heterocycles. The van der Waals surface area contributed by atoms with Crippen molar-refractivity contribution < 1.29 is 0 Å². The maximum absolute atomic E-state index is 5.78. The molecule has 0 saturated carbocycles. The fraction of sp³-hybridized carbons (Fsp3) is 0.250. The van der Waals surface area contributed by atoms with Crippen LogP contribution in [-0.4, -0.2) is 34.5 Å². The van der Waals surface area contributed by atoms with Crippen molar-refractivity contribution in [2.24, 2.45) is 5.73 Å². The van der Waals surface area contributed by atoms with Gasteiger partial charge >= 0.3 is 0 Å². The van der Waals surface area contributed by atoms with Gasteiger partial charge in [0.2, 0.25) is 0 Å². The zero-order valence-electron chi connectivity index (χ0n) is 14.3. The first-order chi connectivity index (χ1) is 11.8. The molecule has 4 nitrogen and oxygen atoms in total. The monoisotopic (exact) mass is 356 g/mol. The fourth-order valence-corrected chi connectivity index (χ4v) is 2.81. The van der Waals surface area contributed by atoms with Gasteiger partial charge in [0, 0.05) is 43.6 Å². The second-order valence-electron chi connectivity index (χ2n) is 5.92. The Bertz CT molecular complexity index is 728. The molecule has 5 heteroatoms. The molecule has 3 N–H and O–H groups in total. The summed E-state index contributed by atoms with van der Waals surface area (Å²) in [6.45, 7) is 3.37. The number of rotatable bonds is 8. The average Bonchev–Trinajstić information content (AvgIpc) is 3.10. The van der Waals surface area contributed by atoms with Crippen LogP contribution in [0, 0.1) is 0 Å². The van der Waals surface area contributed by atoms with E-state index in [9.17, 15) is 0 Å². The zero-order valence-corrected chi connectivity index (χ0v) is 15.1. The summed E-state index contributed by atoms with van der Waals surface area (Å²) in [6, 6.07) is 20.8. The van der Waals surface area contributed by atoms with Gasteiger partial charge < -0.3 is 10.7 Å². The van der Waals surface area contributed by atoms with Gasteiger partial charge in [0.05, 0.1) is 0 Å². The number of nitrogens with one attached hydrogen (secondary N) is 1. The van der Waals surface area contributed by atoms with Gasteiger partial charge in [0.25, 0.3) is 0 Å². The average molecular weight is 357 g/mol. The topological polar surface area (TPSA) is 57.9 Å². The third-order valence-corrected chi connectivity index (χ3v) is 4.07. The van der Waals surface area contributed by atoms with E-state index in [-0.39, 0.29) is 12.4 Å². The van der Waals surface area contributed by atoms with E-state index >= 15 is 0 Å². The quantitative estimate of drug-likeness (QED) is 0.649. The van der Waals surface area contributed by atoms with Crippen LogP contribution < -0.4 is 5.73 Å². The third kappa shape index (κ3) is 5.71. The number of aromatic amines is 1. The number of hydrogen-bond donors (Lipinski definition) is 2. The summed E-state index contributed by atoms with van der Waals surface area (Å²) in [5.74, 6) is 0.918. The fourth-order valence-electron chi connectivity index (χ4n) is 2.81. The van der Waals surface area contributed by atoms with Crippen LogP contribution in [-0.2, 0) is 13.0 Å². The van der Waals surface area contributed by atoms with Crippen molar-refractivity contribution in [3.63, 3.8) is 0 Å². The maximum atomic E-state index is 5.78. The van der Waals surface area contributed by atoms with Gasteiger partial charge in [0.1, 0.15) is 5.82 Å². The van der Waals surface area contributed by atoms with Gasteiger partial charge in [-0.05, 0) is 12.0 Å². The predicted molar refractivity (Wildman–Crippen MR) is 106 cm³/mol. The van der Waals surface area contributed by atoms with Crippen LogP contribution in [0.2, 0.25) is 0 Å². The summed E-state index contributed by atoms with van der Waals surface area (Å²) in [5.41, 5.74) is 9.37. The van der Waals surface area contributed by atoms with Gasteiger partial charge in [0.15, 0.2) is 0 Å². The maximum Gasteiger partial charge on any atom is 0.137 e. The van der Waals surface area contributed by atoms with E-state index in [1.807, 2.05) is 24.4 Å². The Morgan fingerprint density at radius 3 is 2.28 bits per heavy atom. The lowest BCUT2D eigenvalue weighted by atomic mass is 10.1. The van der Waals surface area contributed by atoms with Gasteiger partial charge in [-0.25, -0.2) is 4.98 Å². The van der Waals surface area contributed by atoms with Crippen molar-refractivity contribution >= 4 is 12.4 Å². The standard InChI is InChI=1S/C20H24N4.ClH/c21-12-14-24(13-11-17-7-3-1-4-8-17)16-19-15-22-20(23-19)18-9-5-2-6-10-18;/h1-10,15H,11-14,16,21H2,(H,22,23);1H. The van der Waals surface area contributed by atoms with E-state index in [1.165, 1.54) is 5.56 Å². The summed E-state index contributed by atoms with van der Waals surface area (Å²) in [4.78, 5) is 10.3.